The molecule has 0 saturated heterocycles. The largest absolute Gasteiger partial charge is 0.377 e. The molecule has 16 heavy (non-hydrogen) atoms. The number of carbonyl (C=O) groups excluding carboxylic acids is 1. The maximum absolute atomic E-state index is 11.4. The molecule has 0 aromatic carbocycles. The van der Waals surface area contributed by atoms with Gasteiger partial charge in [-0.05, 0) is 18.9 Å². The lowest BCUT2D eigenvalue weighted by atomic mass is 10.2. The predicted octanol–water partition coefficient (Wildman–Crippen LogP) is 1.76. The van der Waals surface area contributed by atoms with Gasteiger partial charge in [-0.15, -0.1) is 0 Å². The summed E-state index contributed by atoms with van der Waals surface area (Å²) in [6, 6.07) is 2.48. The van der Waals surface area contributed by atoms with Gasteiger partial charge in [0.1, 0.15) is 6.61 Å². The average Bonchev–Trinajstić information content (AvgIpc) is 2.86. The summed E-state index contributed by atoms with van der Waals surface area (Å²) in [4.78, 5) is 11.4. The summed E-state index contributed by atoms with van der Waals surface area (Å²) in [5.41, 5.74) is 0.856. The van der Waals surface area contributed by atoms with Gasteiger partial charge in [-0.2, -0.15) is 5.10 Å². The van der Waals surface area contributed by atoms with Crippen molar-refractivity contribution in [1.29, 1.82) is 0 Å². The van der Waals surface area contributed by atoms with E-state index in [1.807, 2.05) is 16.9 Å². The van der Waals surface area contributed by atoms with Crippen molar-refractivity contribution in [2.75, 3.05) is 13.7 Å². The Labute approximate surface area is 95.6 Å². The molecule has 1 aliphatic rings. The molecule has 4 heteroatoms. The molecule has 0 aliphatic heterocycles. The van der Waals surface area contributed by atoms with Crippen LogP contribution in [-0.4, -0.2) is 29.3 Å². The molecule has 0 N–H and O–H groups in total. The van der Waals surface area contributed by atoms with Crippen LogP contribution in [0.4, 0.5) is 0 Å². The number of nitrogens with zero attached hydrogens (tertiary/aromatic N) is 2. The first-order chi connectivity index (χ1) is 7.79. The number of hydrogen-bond donors (Lipinski definition) is 0. The van der Waals surface area contributed by atoms with Crippen LogP contribution in [0.1, 0.15) is 37.4 Å². The smallest absolute Gasteiger partial charge is 0.164 e. The molecule has 1 heterocycles. The van der Waals surface area contributed by atoms with Gasteiger partial charge in [0, 0.05) is 13.3 Å². The number of carbonyl (C=O) groups is 1. The molecule has 1 saturated carbocycles. The van der Waals surface area contributed by atoms with E-state index >= 15 is 0 Å². The van der Waals surface area contributed by atoms with E-state index in [4.69, 9.17) is 4.74 Å². The Bertz CT molecular complexity index is 354. The first-order valence-electron chi connectivity index (χ1n) is 5.84. The van der Waals surface area contributed by atoms with Crippen LogP contribution in [-0.2, 0) is 16.0 Å². The minimum absolute atomic E-state index is 0.0826. The van der Waals surface area contributed by atoms with Crippen molar-refractivity contribution in [2.24, 2.45) is 0 Å². The third-order valence-corrected chi connectivity index (χ3v) is 3.05. The number of rotatable bonds is 5. The third kappa shape index (κ3) is 2.70. The minimum atomic E-state index is 0.0826. The topological polar surface area (TPSA) is 44.1 Å². The molecule has 0 atom stereocenters. The van der Waals surface area contributed by atoms with Gasteiger partial charge in [0.15, 0.2) is 5.78 Å². The maximum Gasteiger partial charge on any atom is 0.164 e. The zero-order valence-electron chi connectivity index (χ0n) is 9.69. The lowest BCUT2D eigenvalue weighted by Crippen LogP contribution is -2.11. The van der Waals surface area contributed by atoms with Crippen molar-refractivity contribution in [2.45, 2.75) is 38.1 Å². The van der Waals surface area contributed by atoms with Crippen LogP contribution in [0, 0.1) is 0 Å². The molecular weight excluding hydrogens is 204 g/mol. The van der Waals surface area contributed by atoms with Crippen molar-refractivity contribution in [1.82, 2.24) is 9.78 Å². The minimum Gasteiger partial charge on any atom is -0.377 e. The van der Waals surface area contributed by atoms with E-state index in [-0.39, 0.29) is 12.4 Å². The van der Waals surface area contributed by atoms with E-state index in [0.29, 0.717) is 12.5 Å². The molecule has 4 nitrogen and oxygen atoms in total. The normalized spacial score (nSPS) is 16.8. The van der Waals surface area contributed by atoms with E-state index in [1.165, 1.54) is 32.8 Å². The van der Waals surface area contributed by atoms with Crippen LogP contribution in [0.5, 0.6) is 0 Å². The molecule has 1 aliphatic carbocycles. The van der Waals surface area contributed by atoms with Crippen LogP contribution in [0.3, 0.4) is 0 Å². The summed E-state index contributed by atoms with van der Waals surface area (Å²) >= 11 is 0. The van der Waals surface area contributed by atoms with E-state index in [9.17, 15) is 4.79 Å². The van der Waals surface area contributed by atoms with Gasteiger partial charge in [0.2, 0.25) is 0 Å². The Morgan fingerprint density at radius 3 is 3.00 bits per heavy atom. The molecule has 2 rings (SSSR count). The van der Waals surface area contributed by atoms with Gasteiger partial charge in [-0.25, -0.2) is 0 Å². The van der Waals surface area contributed by atoms with Crippen LogP contribution in [0.2, 0.25) is 0 Å². The zero-order chi connectivity index (χ0) is 11.4. The SMILES string of the molecule is COCC(=O)Cc1ccn(C2CCCC2)n1. The van der Waals surface area contributed by atoms with Crippen molar-refractivity contribution < 1.29 is 9.53 Å². The van der Waals surface area contributed by atoms with Crippen molar-refractivity contribution in [3.8, 4) is 0 Å². The van der Waals surface area contributed by atoms with Crippen LogP contribution in [0.15, 0.2) is 12.3 Å². The fraction of sp³-hybridized carbons (Fsp3) is 0.667. The van der Waals surface area contributed by atoms with E-state index < -0.39 is 0 Å². The lowest BCUT2D eigenvalue weighted by Gasteiger charge is -2.08. The van der Waals surface area contributed by atoms with Gasteiger partial charge < -0.3 is 4.74 Å². The van der Waals surface area contributed by atoms with E-state index in [2.05, 4.69) is 5.10 Å². The summed E-state index contributed by atoms with van der Waals surface area (Å²) in [5, 5.41) is 4.45. The molecule has 88 valence electrons. The summed E-state index contributed by atoms with van der Waals surface area (Å²) in [7, 11) is 1.54. The highest BCUT2D eigenvalue weighted by Crippen LogP contribution is 2.28. The van der Waals surface area contributed by atoms with Crippen LogP contribution in [0.25, 0.3) is 0 Å². The summed E-state index contributed by atoms with van der Waals surface area (Å²) in [5.74, 6) is 0.0826. The third-order valence-electron chi connectivity index (χ3n) is 3.05. The second kappa shape index (κ2) is 5.25. The standard InChI is InChI=1S/C12H18N2O2/c1-16-9-12(15)8-10-6-7-14(13-10)11-4-2-3-5-11/h6-7,11H,2-5,8-9H2,1H3. The molecule has 0 bridgehead atoms. The van der Waals surface area contributed by atoms with Gasteiger partial charge in [0.05, 0.1) is 18.2 Å². The quantitative estimate of drug-likeness (QED) is 0.762. The molecule has 0 spiro atoms. The van der Waals surface area contributed by atoms with Crippen molar-refractivity contribution in [3.63, 3.8) is 0 Å². The fourth-order valence-electron chi connectivity index (χ4n) is 2.26. The Morgan fingerprint density at radius 1 is 1.56 bits per heavy atom. The molecular formula is C12H18N2O2. The van der Waals surface area contributed by atoms with Gasteiger partial charge in [0.25, 0.3) is 0 Å². The second-order valence-electron chi connectivity index (χ2n) is 4.37. The first kappa shape index (κ1) is 11.3. The van der Waals surface area contributed by atoms with Gasteiger partial charge >= 0.3 is 0 Å². The summed E-state index contributed by atoms with van der Waals surface area (Å²) in [6.45, 7) is 0.177. The Morgan fingerprint density at radius 2 is 2.31 bits per heavy atom. The zero-order valence-corrected chi connectivity index (χ0v) is 9.69. The molecule has 0 unspecified atom stereocenters. The Balaban J connectivity index is 1.93. The number of ketones is 1. The molecule has 0 radical (unpaired) electrons. The second-order valence-corrected chi connectivity index (χ2v) is 4.37. The van der Waals surface area contributed by atoms with Crippen LogP contribution < -0.4 is 0 Å². The lowest BCUT2D eigenvalue weighted by molar-refractivity contribution is -0.122. The molecule has 1 fully saturated rings. The molecule has 0 amide bonds. The van der Waals surface area contributed by atoms with Gasteiger partial charge in [-0.1, -0.05) is 12.8 Å². The number of ether oxygens (including phenoxy) is 1. The molecule has 1 aromatic heterocycles. The molecule has 1 aromatic rings. The number of hydrogen-bond acceptors (Lipinski definition) is 3. The summed E-state index contributed by atoms with van der Waals surface area (Å²) < 4.78 is 6.81. The summed E-state index contributed by atoms with van der Waals surface area (Å²) in [6.07, 6.45) is 7.39. The Kier molecular flexibility index (Phi) is 3.72. The van der Waals surface area contributed by atoms with Gasteiger partial charge in [-0.3, -0.25) is 9.48 Å². The maximum atomic E-state index is 11.4. The van der Waals surface area contributed by atoms with Crippen LogP contribution >= 0.6 is 0 Å². The first-order valence-corrected chi connectivity index (χ1v) is 5.84. The highest BCUT2D eigenvalue weighted by molar-refractivity contribution is 5.81. The number of Topliss-reactive ketones (excluding diaryl/α,β-unsaturated/α-hetero) is 1. The van der Waals surface area contributed by atoms with Crippen molar-refractivity contribution >= 4 is 5.78 Å². The van der Waals surface area contributed by atoms with E-state index in [0.717, 1.165) is 5.69 Å². The highest BCUT2D eigenvalue weighted by atomic mass is 16.5. The van der Waals surface area contributed by atoms with E-state index in [1.54, 1.807) is 0 Å². The Hall–Kier alpha value is -1.16. The monoisotopic (exact) mass is 222 g/mol. The highest BCUT2D eigenvalue weighted by Gasteiger charge is 2.17. The predicted molar refractivity (Wildman–Crippen MR) is 60.3 cm³/mol. The fourth-order valence-corrected chi connectivity index (χ4v) is 2.26. The van der Waals surface area contributed by atoms with Crippen molar-refractivity contribution in [3.05, 3.63) is 18.0 Å². The number of aromatic nitrogens is 2. The number of methoxy groups -OCH3 is 1. The average molecular weight is 222 g/mol.